The van der Waals surface area contributed by atoms with Crippen LogP contribution in [0.1, 0.15) is 56.6 Å². The van der Waals surface area contributed by atoms with E-state index in [1.54, 1.807) is 0 Å². The lowest BCUT2D eigenvalue weighted by Gasteiger charge is -2.41. The fourth-order valence-corrected chi connectivity index (χ4v) is 2.84. The molecule has 1 aromatic carbocycles. The Bertz CT molecular complexity index is 405. The third kappa shape index (κ3) is 4.07. The van der Waals surface area contributed by atoms with Gasteiger partial charge in [0.05, 0.1) is 12.5 Å². The molecule has 1 fully saturated rings. The van der Waals surface area contributed by atoms with Crippen LogP contribution in [0.2, 0.25) is 0 Å². The Hall–Kier alpha value is -1.35. The van der Waals surface area contributed by atoms with Crippen molar-refractivity contribution in [3.8, 4) is 0 Å². The van der Waals surface area contributed by atoms with Crippen molar-refractivity contribution >= 4 is 5.91 Å². The molecule has 1 unspecified atom stereocenters. The zero-order valence-electron chi connectivity index (χ0n) is 12.3. The third-order valence-electron chi connectivity index (χ3n) is 4.10. The van der Waals surface area contributed by atoms with Gasteiger partial charge in [0.15, 0.2) is 0 Å². The van der Waals surface area contributed by atoms with Crippen molar-refractivity contribution in [1.82, 2.24) is 4.90 Å². The average Bonchev–Trinajstić information content (AvgIpc) is 2.48. The number of nitrogens with two attached hydrogens (primary N) is 1. The van der Waals surface area contributed by atoms with Gasteiger partial charge in [0, 0.05) is 6.54 Å². The quantitative estimate of drug-likeness (QED) is 0.555. The summed E-state index contributed by atoms with van der Waals surface area (Å²) in [7, 11) is 0. The minimum atomic E-state index is 0.307. The van der Waals surface area contributed by atoms with Gasteiger partial charge >= 0.3 is 0 Å². The molecule has 0 aliphatic carbocycles. The van der Waals surface area contributed by atoms with Crippen molar-refractivity contribution in [2.75, 3.05) is 13.1 Å². The number of benzene rings is 1. The van der Waals surface area contributed by atoms with Gasteiger partial charge in [-0.3, -0.25) is 4.79 Å². The summed E-state index contributed by atoms with van der Waals surface area (Å²) >= 11 is 0. The van der Waals surface area contributed by atoms with Crippen molar-refractivity contribution < 1.29 is 4.79 Å². The predicted octanol–water partition coefficient (Wildman–Crippen LogP) is 3.26. The minimum absolute atomic E-state index is 0.307. The number of hydrogen-bond donors (Lipinski definition) is 1. The summed E-state index contributed by atoms with van der Waals surface area (Å²) in [4.78, 5) is 13.8. The summed E-state index contributed by atoms with van der Waals surface area (Å²) < 4.78 is 0. The van der Waals surface area contributed by atoms with Crippen LogP contribution in [0, 0.1) is 0 Å². The second-order valence-corrected chi connectivity index (χ2v) is 5.63. The van der Waals surface area contributed by atoms with Gasteiger partial charge in [0.1, 0.15) is 0 Å². The van der Waals surface area contributed by atoms with E-state index in [-0.39, 0.29) is 0 Å². The maximum absolute atomic E-state index is 11.7. The fourth-order valence-electron chi connectivity index (χ4n) is 2.84. The second-order valence-electron chi connectivity index (χ2n) is 5.63. The van der Waals surface area contributed by atoms with Crippen molar-refractivity contribution in [2.45, 2.75) is 51.0 Å². The van der Waals surface area contributed by atoms with Crippen molar-refractivity contribution in [2.24, 2.45) is 5.73 Å². The summed E-state index contributed by atoms with van der Waals surface area (Å²) in [5.41, 5.74) is 6.75. The number of likely N-dealkylation sites (tertiary alicyclic amines) is 1. The predicted molar refractivity (Wildman–Crippen MR) is 82.3 cm³/mol. The highest BCUT2D eigenvalue weighted by Crippen LogP contribution is 2.34. The first-order valence-corrected chi connectivity index (χ1v) is 7.87. The number of nitrogens with zero attached hydrogens (tertiary/aromatic N) is 1. The molecule has 110 valence electrons. The Morgan fingerprint density at radius 2 is 1.65 bits per heavy atom. The van der Waals surface area contributed by atoms with E-state index in [0.717, 1.165) is 25.9 Å². The van der Waals surface area contributed by atoms with Crippen molar-refractivity contribution in [3.63, 3.8) is 0 Å². The molecule has 20 heavy (non-hydrogen) atoms. The van der Waals surface area contributed by atoms with Crippen LogP contribution in [0.4, 0.5) is 0 Å². The van der Waals surface area contributed by atoms with Gasteiger partial charge in [-0.25, -0.2) is 0 Å². The first-order chi connectivity index (χ1) is 9.83. The molecule has 0 bridgehead atoms. The van der Waals surface area contributed by atoms with Crippen LogP contribution < -0.4 is 5.73 Å². The lowest BCUT2D eigenvalue weighted by atomic mass is 9.93. The standard InChI is InChI=1S/C17H26N2O/c18-12-8-3-1-2-4-9-13-19-16(14-17(19)20)15-10-6-5-7-11-15/h5-7,10-11,16H,1-4,8-9,12-14,18H2. The zero-order valence-corrected chi connectivity index (χ0v) is 12.3. The van der Waals surface area contributed by atoms with Crippen LogP contribution in [-0.2, 0) is 4.79 Å². The summed E-state index contributed by atoms with van der Waals surface area (Å²) in [6, 6.07) is 10.7. The van der Waals surface area contributed by atoms with Crippen molar-refractivity contribution in [3.05, 3.63) is 35.9 Å². The second kappa shape index (κ2) is 8.05. The summed E-state index contributed by atoms with van der Waals surface area (Å²) in [5, 5.41) is 0. The van der Waals surface area contributed by atoms with Gasteiger partial charge in [-0.05, 0) is 24.9 Å². The molecule has 1 heterocycles. The molecule has 1 aromatic rings. The Labute approximate surface area is 122 Å². The monoisotopic (exact) mass is 274 g/mol. The lowest BCUT2D eigenvalue weighted by molar-refractivity contribution is -0.146. The van der Waals surface area contributed by atoms with Crippen molar-refractivity contribution in [1.29, 1.82) is 0 Å². The van der Waals surface area contributed by atoms with E-state index in [4.69, 9.17) is 5.73 Å². The van der Waals surface area contributed by atoms with Gasteiger partial charge in [-0.1, -0.05) is 56.0 Å². The molecular formula is C17H26N2O. The third-order valence-corrected chi connectivity index (χ3v) is 4.10. The lowest BCUT2D eigenvalue weighted by Crippen LogP contribution is -2.46. The normalized spacial score (nSPS) is 18.1. The number of hydrogen-bond acceptors (Lipinski definition) is 2. The Kier molecular flexibility index (Phi) is 6.06. The van der Waals surface area contributed by atoms with Crippen LogP contribution >= 0.6 is 0 Å². The summed E-state index contributed by atoms with van der Waals surface area (Å²) in [6.45, 7) is 1.72. The Balaban J connectivity index is 1.66. The first-order valence-electron chi connectivity index (χ1n) is 7.87. The highest BCUT2D eigenvalue weighted by Gasteiger charge is 2.36. The van der Waals surface area contributed by atoms with Crippen LogP contribution in [-0.4, -0.2) is 23.9 Å². The number of carbonyl (C=O) groups excluding carboxylic acids is 1. The van der Waals surface area contributed by atoms with Gasteiger partial charge in [0.25, 0.3) is 0 Å². The van der Waals surface area contributed by atoms with E-state index in [1.165, 1.54) is 31.2 Å². The van der Waals surface area contributed by atoms with Gasteiger partial charge in [-0.2, -0.15) is 0 Å². The summed E-state index contributed by atoms with van der Waals surface area (Å²) in [5.74, 6) is 0.307. The summed E-state index contributed by atoms with van der Waals surface area (Å²) in [6.07, 6.45) is 7.94. The van der Waals surface area contributed by atoms with E-state index in [0.29, 0.717) is 18.4 Å². The molecule has 3 nitrogen and oxygen atoms in total. The number of rotatable bonds is 9. The Morgan fingerprint density at radius 1 is 1.00 bits per heavy atom. The molecule has 2 rings (SSSR count). The van der Waals surface area contributed by atoms with Gasteiger partial charge < -0.3 is 10.6 Å². The molecule has 2 N–H and O–H groups in total. The molecule has 0 saturated carbocycles. The van der Waals surface area contributed by atoms with Gasteiger partial charge in [0.2, 0.25) is 5.91 Å². The van der Waals surface area contributed by atoms with Crippen LogP contribution in [0.5, 0.6) is 0 Å². The fraction of sp³-hybridized carbons (Fsp3) is 0.588. The van der Waals surface area contributed by atoms with Crippen LogP contribution in [0.25, 0.3) is 0 Å². The maximum atomic E-state index is 11.7. The topological polar surface area (TPSA) is 46.3 Å². The molecule has 3 heteroatoms. The number of amides is 1. The van der Waals surface area contributed by atoms with E-state index >= 15 is 0 Å². The Morgan fingerprint density at radius 3 is 2.30 bits per heavy atom. The minimum Gasteiger partial charge on any atom is -0.335 e. The molecule has 0 radical (unpaired) electrons. The highest BCUT2D eigenvalue weighted by atomic mass is 16.2. The largest absolute Gasteiger partial charge is 0.335 e. The smallest absolute Gasteiger partial charge is 0.225 e. The van der Waals surface area contributed by atoms with E-state index in [9.17, 15) is 4.79 Å². The molecule has 1 amide bonds. The molecular weight excluding hydrogens is 248 g/mol. The number of β-lactam (4-membered cyclic amide) rings is 1. The van der Waals surface area contributed by atoms with E-state index in [2.05, 4.69) is 12.1 Å². The average molecular weight is 274 g/mol. The molecule has 1 aliphatic rings. The molecule has 0 aromatic heterocycles. The highest BCUT2D eigenvalue weighted by molar-refractivity contribution is 5.83. The van der Waals surface area contributed by atoms with Crippen LogP contribution in [0.15, 0.2) is 30.3 Å². The zero-order chi connectivity index (χ0) is 14.2. The van der Waals surface area contributed by atoms with Gasteiger partial charge in [-0.15, -0.1) is 0 Å². The van der Waals surface area contributed by atoms with E-state index < -0.39 is 0 Å². The number of unbranched alkanes of at least 4 members (excludes halogenated alkanes) is 5. The van der Waals surface area contributed by atoms with E-state index in [1.807, 2.05) is 23.1 Å². The molecule has 1 atom stereocenters. The molecule has 1 aliphatic heterocycles. The number of carbonyl (C=O) groups is 1. The van der Waals surface area contributed by atoms with Crippen LogP contribution in [0.3, 0.4) is 0 Å². The SMILES string of the molecule is NCCCCCCCCN1C(=O)CC1c1ccccc1. The first kappa shape index (κ1) is 15.0. The molecule has 1 saturated heterocycles. The molecule has 0 spiro atoms. The maximum Gasteiger partial charge on any atom is 0.225 e.